The molecule has 2 N–H and O–H groups in total. The summed E-state index contributed by atoms with van der Waals surface area (Å²) in [6.45, 7) is 6.45. The van der Waals surface area contributed by atoms with Crippen molar-refractivity contribution in [2.45, 2.75) is 33.6 Å². The quantitative estimate of drug-likeness (QED) is 0.478. The van der Waals surface area contributed by atoms with Crippen LogP contribution in [0.5, 0.6) is 0 Å². The van der Waals surface area contributed by atoms with E-state index in [4.69, 9.17) is 9.47 Å². The van der Waals surface area contributed by atoms with Crippen LogP contribution in [0.2, 0.25) is 0 Å². The highest BCUT2D eigenvalue weighted by Crippen LogP contribution is 2.20. The number of methoxy groups -OCH3 is 1. The Kier molecular flexibility index (Phi) is 8.40. The number of nitrogens with one attached hydrogen (secondary N) is 2. The average molecular weight is 416 g/mol. The predicted octanol–water partition coefficient (Wildman–Crippen LogP) is 2.07. The Hall–Kier alpha value is -3.36. The van der Waals surface area contributed by atoms with Crippen molar-refractivity contribution >= 4 is 18.0 Å². The maximum atomic E-state index is 12.2. The van der Waals surface area contributed by atoms with Crippen LogP contribution in [-0.2, 0) is 20.7 Å². The average Bonchev–Trinajstić information content (AvgIpc) is 3.03. The van der Waals surface area contributed by atoms with Gasteiger partial charge in [-0.05, 0) is 57.0 Å². The highest BCUT2D eigenvalue weighted by Gasteiger charge is 2.15. The molecule has 0 aliphatic carbocycles. The molecular weight excluding hydrogens is 388 g/mol. The van der Waals surface area contributed by atoms with Gasteiger partial charge in [-0.25, -0.2) is 9.48 Å². The van der Waals surface area contributed by atoms with E-state index in [-0.39, 0.29) is 18.4 Å². The highest BCUT2D eigenvalue weighted by molar-refractivity contribution is 5.94. The van der Waals surface area contributed by atoms with Crippen molar-refractivity contribution in [2.75, 3.05) is 26.8 Å². The van der Waals surface area contributed by atoms with E-state index in [1.165, 1.54) is 7.11 Å². The summed E-state index contributed by atoms with van der Waals surface area (Å²) < 4.78 is 11.3. The van der Waals surface area contributed by atoms with E-state index in [1.54, 1.807) is 23.7 Å². The predicted molar refractivity (Wildman–Crippen MR) is 111 cm³/mol. The van der Waals surface area contributed by atoms with E-state index in [2.05, 4.69) is 15.7 Å². The van der Waals surface area contributed by atoms with Crippen LogP contribution in [0.25, 0.3) is 5.69 Å². The second-order valence-electron chi connectivity index (χ2n) is 6.59. The number of benzene rings is 1. The zero-order chi connectivity index (χ0) is 22.1. The first-order valence-electron chi connectivity index (χ1n) is 9.78. The van der Waals surface area contributed by atoms with Gasteiger partial charge in [0.05, 0.1) is 25.1 Å². The molecule has 2 rings (SSSR count). The number of aryl methyl sites for hydroxylation is 1. The summed E-state index contributed by atoms with van der Waals surface area (Å²) in [5.74, 6) is -0.492. The number of hydrogen-bond donors (Lipinski definition) is 2. The SMILES string of the molecule is CCOC(=O)NCCNC(=O)c1ccc(-n2nc(C)c(CCC(=O)OC)c2C)cc1. The number of ether oxygens (including phenoxy) is 2. The Balaban J connectivity index is 1.97. The number of carbonyl (C=O) groups excluding carboxylic acids is 3. The summed E-state index contributed by atoms with van der Waals surface area (Å²) >= 11 is 0. The molecule has 0 radical (unpaired) electrons. The summed E-state index contributed by atoms with van der Waals surface area (Å²) in [6.07, 6.45) is 0.352. The molecule has 0 fully saturated rings. The molecule has 0 atom stereocenters. The fourth-order valence-corrected chi connectivity index (χ4v) is 3.00. The number of aromatic nitrogens is 2. The maximum absolute atomic E-state index is 12.2. The van der Waals surface area contributed by atoms with Crippen molar-refractivity contribution in [3.63, 3.8) is 0 Å². The lowest BCUT2D eigenvalue weighted by Crippen LogP contribution is -2.34. The highest BCUT2D eigenvalue weighted by atomic mass is 16.5. The minimum Gasteiger partial charge on any atom is -0.469 e. The van der Waals surface area contributed by atoms with Gasteiger partial charge in [0.15, 0.2) is 0 Å². The largest absolute Gasteiger partial charge is 0.469 e. The number of nitrogens with zero attached hydrogens (tertiary/aromatic N) is 2. The van der Waals surface area contributed by atoms with Gasteiger partial charge in [-0.1, -0.05) is 0 Å². The van der Waals surface area contributed by atoms with Gasteiger partial charge in [0.2, 0.25) is 0 Å². The van der Waals surface area contributed by atoms with Crippen molar-refractivity contribution in [1.29, 1.82) is 0 Å². The Morgan fingerprint density at radius 1 is 1.07 bits per heavy atom. The molecular formula is C21H28N4O5. The molecule has 162 valence electrons. The van der Waals surface area contributed by atoms with Gasteiger partial charge in [0, 0.05) is 30.8 Å². The van der Waals surface area contributed by atoms with Gasteiger partial charge in [0.1, 0.15) is 0 Å². The number of rotatable bonds is 9. The fraction of sp³-hybridized carbons (Fsp3) is 0.429. The second-order valence-corrected chi connectivity index (χ2v) is 6.59. The third kappa shape index (κ3) is 6.07. The molecule has 0 saturated carbocycles. The van der Waals surface area contributed by atoms with Crippen molar-refractivity contribution in [2.24, 2.45) is 0 Å². The Morgan fingerprint density at radius 2 is 1.73 bits per heavy atom. The lowest BCUT2D eigenvalue weighted by Gasteiger charge is -2.09. The molecule has 2 aromatic rings. The Labute approximate surface area is 175 Å². The lowest BCUT2D eigenvalue weighted by molar-refractivity contribution is -0.140. The van der Waals surface area contributed by atoms with E-state index in [0.29, 0.717) is 31.6 Å². The second kappa shape index (κ2) is 11.0. The maximum Gasteiger partial charge on any atom is 0.407 e. The molecule has 0 bridgehead atoms. The van der Waals surface area contributed by atoms with Crippen LogP contribution in [0.3, 0.4) is 0 Å². The molecule has 0 saturated heterocycles. The summed E-state index contributed by atoms with van der Waals surface area (Å²) in [5, 5.41) is 9.84. The van der Waals surface area contributed by atoms with Crippen molar-refractivity contribution in [3.8, 4) is 5.69 Å². The van der Waals surface area contributed by atoms with E-state index in [9.17, 15) is 14.4 Å². The zero-order valence-corrected chi connectivity index (χ0v) is 17.8. The van der Waals surface area contributed by atoms with Crippen LogP contribution in [0.15, 0.2) is 24.3 Å². The van der Waals surface area contributed by atoms with Crippen LogP contribution < -0.4 is 10.6 Å². The minimum atomic E-state index is -0.507. The van der Waals surface area contributed by atoms with Crippen LogP contribution in [0, 0.1) is 13.8 Å². The molecule has 1 aromatic heterocycles. The number of amides is 2. The van der Waals surface area contributed by atoms with Crippen LogP contribution in [-0.4, -0.2) is 54.6 Å². The van der Waals surface area contributed by atoms with Crippen molar-refractivity contribution in [3.05, 3.63) is 46.8 Å². The van der Waals surface area contributed by atoms with E-state index >= 15 is 0 Å². The van der Waals surface area contributed by atoms with Crippen LogP contribution >= 0.6 is 0 Å². The number of alkyl carbamates (subject to hydrolysis) is 1. The van der Waals surface area contributed by atoms with Crippen molar-refractivity contribution < 1.29 is 23.9 Å². The molecule has 9 heteroatoms. The zero-order valence-electron chi connectivity index (χ0n) is 17.8. The molecule has 0 unspecified atom stereocenters. The van der Waals surface area contributed by atoms with E-state index < -0.39 is 6.09 Å². The fourth-order valence-electron chi connectivity index (χ4n) is 3.00. The lowest BCUT2D eigenvalue weighted by atomic mass is 10.1. The molecule has 1 aromatic carbocycles. The van der Waals surface area contributed by atoms with Gasteiger partial charge < -0.3 is 20.1 Å². The monoisotopic (exact) mass is 416 g/mol. The van der Waals surface area contributed by atoms with Crippen LogP contribution in [0.1, 0.15) is 40.7 Å². The summed E-state index contributed by atoms with van der Waals surface area (Å²) in [6, 6.07) is 7.06. The number of carbonyl (C=O) groups is 3. The van der Waals surface area contributed by atoms with Gasteiger partial charge in [-0.15, -0.1) is 0 Å². The normalized spacial score (nSPS) is 10.4. The standard InChI is InChI=1S/C21H28N4O5/c1-5-30-21(28)23-13-12-22-20(27)16-6-8-17(9-7-16)25-15(3)18(14(2)24-25)10-11-19(26)29-4/h6-9H,5,10-13H2,1-4H3,(H,22,27)(H,23,28). The van der Waals surface area contributed by atoms with E-state index in [0.717, 1.165) is 22.6 Å². The van der Waals surface area contributed by atoms with Gasteiger partial charge >= 0.3 is 12.1 Å². The molecule has 1 heterocycles. The topological polar surface area (TPSA) is 112 Å². The van der Waals surface area contributed by atoms with Gasteiger partial charge in [-0.3, -0.25) is 9.59 Å². The summed E-state index contributed by atoms with van der Waals surface area (Å²) in [5.41, 5.74) is 4.13. The Morgan fingerprint density at radius 3 is 2.37 bits per heavy atom. The van der Waals surface area contributed by atoms with Gasteiger partial charge in [-0.2, -0.15) is 5.10 Å². The first-order chi connectivity index (χ1) is 14.4. The molecule has 0 aliphatic heterocycles. The minimum absolute atomic E-state index is 0.237. The Bertz CT molecular complexity index is 890. The summed E-state index contributed by atoms with van der Waals surface area (Å²) in [7, 11) is 1.38. The first kappa shape index (κ1) is 22.9. The van der Waals surface area contributed by atoms with E-state index in [1.807, 2.05) is 26.0 Å². The third-order valence-electron chi connectivity index (χ3n) is 4.58. The first-order valence-corrected chi connectivity index (χ1v) is 9.78. The molecule has 0 spiro atoms. The number of hydrogen-bond acceptors (Lipinski definition) is 6. The van der Waals surface area contributed by atoms with Gasteiger partial charge in [0.25, 0.3) is 5.91 Å². The van der Waals surface area contributed by atoms with Crippen molar-refractivity contribution in [1.82, 2.24) is 20.4 Å². The molecule has 30 heavy (non-hydrogen) atoms. The third-order valence-corrected chi connectivity index (χ3v) is 4.58. The summed E-state index contributed by atoms with van der Waals surface area (Å²) in [4.78, 5) is 34.9. The van der Waals surface area contributed by atoms with Crippen LogP contribution in [0.4, 0.5) is 4.79 Å². The smallest absolute Gasteiger partial charge is 0.407 e. The molecule has 2 amide bonds. The molecule has 9 nitrogen and oxygen atoms in total. The number of esters is 1. The molecule has 0 aliphatic rings.